The topological polar surface area (TPSA) is 75.3 Å². The molecule has 0 spiro atoms. The minimum absolute atomic E-state index is 0.0173. The van der Waals surface area contributed by atoms with Gasteiger partial charge in [-0.1, -0.05) is 30.7 Å². The highest BCUT2D eigenvalue weighted by Crippen LogP contribution is 2.11. The molecule has 0 saturated carbocycles. The highest BCUT2D eigenvalue weighted by atomic mass is 35.5. The van der Waals surface area contributed by atoms with Gasteiger partial charge in [0.25, 0.3) is 5.91 Å². The van der Waals surface area contributed by atoms with E-state index in [1.54, 1.807) is 36.4 Å². The predicted octanol–water partition coefficient (Wildman–Crippen LogP) is 3.33. The number of hydrogen-bond acceptors (Lipinski definition) is 3. The van der Waals surface area contributed by atoms with Crippen LogP contribution in [0, 0.1) is 0 Å². The van der Waals surface area contributed by atoms with Crippen LogP contribution in [0.25, 0.3) is 0 Å². The van der Waals surface area contributed by atoms with Gasteiger partial charge in [-0.2, -0.15) is 0 Å². The summed E-state index contributed by atoms with van der Waals surface area (Å²) in [5, 5.41) is 0.545. The molecule has 2 aromatic carbocycles. The lowest BCUT2D eigenvalue weighted by molar-refractivity contribution is -0.121. The van der Waals surface area contributed by atoms with Crippen LogP contribution in [0.5, 0.6) is 0 Å². The van der Waals surface area contributed by atoms with Crippen molar-refractivity contribution in [1.82, 2.24) is 10.9 Å². The average molecular weight is 359 g/mol. The predicted molar refractivity (Wildman–Crippen MR) is 96.4 cm³/mol. The molecule has 0 atom stereocenters. The number of hydrazine groups is 1. The number of carbonyl (C=O) groups excluding carboxylic acids is 3. The van der Waals surface area contributed by atoms with Gasteiger partial charge in [0.15, 0.2) is 5.78 Å². The molecular formula is C19H19ClN2O3. The zero-order valence-corrected chi connectivity index (χ0v) is 14.6. The lowest BCUT2D eigenvalue weighted by Gasteiger charge is -2.08. The summed E-state index contributed by atoms with van der Waals surface area (Å²) < 4.78 is 0. The van der Waals surface area contributed by atoms with Crippen LogP contribution in [0.2, 0.25) is 5.02 Å². The quantitative estimate of drug-likeness (QED) is 0.614. The molecule has 0 unspecified atom stereocenters. The van der Waals surface area contributed by atoms with Crippen molar-refractivity contribution in [2.75, 3.05) is 0 Å². The summed E-state index contributed by atoms with van der Waals surface area (Å²) in [7, 11) is 0. The number of amides is 2. The number of rotatable bonds is 6. The van der Waals surface area contributed by atoms with Gasteiger partial charge in [-0.25, -0.2) is 0 Å². The largest absolute Gasteiger partial charge is 0.294 e. The number of carbonyl (C=O) groups is 3. The Hall–Kier alpha value is -2.66. The van der Waals surface area contributed by atoms with E-state index in [1.807, 2.05) is 19.1 Å². The Morgan fingerprint density at radius 1 is 0.840 bits per heavy atom. The van der Waals surface area contributed by atoms with Crippen LogP contribution in [-0.2, 0) is 11.2 Å². The number of ketones is 1. The maximum Gasteiger partial charge on any atom is 0.269 e. The Morgan fingerprint density at radius 2 is 1.44 bits per heavy atom. The van der Waals surface area contributed by atoms with Crippen LogP contribution in [0.15, 0.2) is 48.5 Å². The Balaban J connectivity index is 1.77. The first kappa shape index (κ1) is 18.7. The van der Waals surface area contributed by atoms with Crippen molar-refractivity contribution < 1.29 is 14.4 Å². The summed E-state index contributed by atoms with van der Waals surface area (Å²) in [5.74, 6) is -0.992. The van der Waals surface area contributed by atoms with Crippen molar-refractivity contribution in [2.45, 2.75) is 26.2 Å². The molecule has 0 fully saturated rings. The molecule has 0 radical (unpaired) electrons. The lowest BCUT2D eigenvalue weighted by atomic mass is 10.1. The third-order valence-corrected chi connectivity index (χ3v) is 3.94. The third-order valence-electron chi connectivity index (χ3n) is 3.69. The Morgan fingerprint density at radius 3 is 2.04 bits per heavy atom. The number of halogens is 1. The zero-order chi connectivity index (χ0) is 18.2. The fourth-order valence-corrected chi connectivity index (χ4v) is 2.29. The van der Waals surface area contributed by atoms with E-state index in [1.165, 1.54) is 0 Å². The van der Waals surface area contributed by atoms with Crippen LogP contribution in [0.3, 0.4) is 0 Å². The zero-order valence-electron chi connectivity index (χ0n) is 13.8. The fourth-order valence-electron chi connectivity index (χ4n) is 2.16. The van der Waals surface area contributed by atoms with Crippen LogP contribution < -0.4 is 10.9 Å². The molecule has 0 heterocycles. The minimum Gasteiger partial charge on any atom is -0.294 e. The van der Waals surface area contributed by atoms with E-state index >= 15 is 0 Å². The number of aryl methyl sites for hydroxylation is 1. The van der Waals surface area contributed by atoms with E-state index in [0.717, 1.165) is 12.0 Å². The van der Waals surface area contributed by atoms with Crippen LogP contribution in [0.4, 0.5) is 0 Å². The van der Waals surface area contributed by atoms with Crippen molar-refractivity contribution >= 4 is 29.2 Å². The van der Waals surface area contributed by atoms with Gasteiger partial charge in [0.2, 0.25) is 5.91 Å². The smallest absolute Gasteiger partial charge is 0.269 e. The van der Waals surface area contributed by atoms with Gasteiger partial charge in [0.1, 0.15) is 0 Å². The molecule has 0 aromatic heterocycles. The van der Waals surface area contributed by atoms with Gasteiger partial charge >= 0.3 is 0 Å². The summed E-state index contributed by atoms with van der Waals surface area (Å²) in [6.45, 7) is 2.03. The number of hydrogen-bond donors (Lipinski definition) is 2. The fraction of sp³-hybridized carbons (Fsp3) is 0.211. The van der Waals surface area contributed by atoms with Crippen molar-refractivity contribution in [2.24, 2.45) is 0 Å². The third kappa shape index (κ3) is 5.72. The normalized spacial score (nSPS) is 10.2. The second kappa shape index (κ2) is 8.99. The summed E-state index contributed by atoms with van der Waals surface area (Å²) in [6, 6.07) is 13.6. The number of nitrogens with one attached hydrogen (secondary N) is 2. The van der Waals surface area contributed by atoms with E-state index in [2.05, 4.69) is 10.9 Å². The van der Waals surface area contributed by atoms with Gasteiger partial charge < -0.3 is 0 Å². The summed E-state index contributed by atoms with van der Waals surface area (Å²) in [5.41, 5.74) is 6.73. The van der Waals surface area contributed by atoms with Crippen molar-refractivity contribution in [3.8, 4) is 0 Å². The van der Waals surface area contributed by atoms with E-state index in [-0.39, 0.29) is 18.6 Å². The molecule has 2 N–H and O–H groups in total. The monoisotopic (exact) mass is 358 g/mol. The van der Waals surface area contributed by atoms with Crippen molar-refractivity contribution in [3.05, 3.63) is 70.2 Å². The maximum atomic E-state index is 12.0. The van der Waals surface area contributed by atoms with Crippen molar-refractivity contribution in [3.63, 3.8) is 0 Å². The van der Waals surface area contributed by atoms with E-state index < -0.39 is 11.8 Å². The molecule has 0 bridgehead atoms. The summed E-state index contributed by atoms with van der Waals surface area (Å²) >= 11 is 5.77. The highest BCUT2D eigenvalue weighted by molar-refractivity contribution is 6.30. The SMILES string of the molecule is CCc1ccc(C(=O)NNC(=O)CCC(=O)c2ccc(Cl)cc2)cc1. The number of benzene rings is 2. The van der Waals surface area contributed by atoms with Gasteiger partial charge in [-0.15, -0.1) is 0 Å². The second-order valence-electron chi connectivity index (χ2n) is 5.48. The molecule has 0 saturated heterocycles. The molecule has 6 heteroatoms. The van der Waals surface area contributed by atoms with Crippen LogP contribution >= 0.6 is 11.6 Å². The standard InChI is InChI=1S/C19H19ClN2O3/c1-2-13-3-5-15(6-4-13)19(25)22-21-18(24)12-11-17(23)14-7-9-16(20)10-8-14/h3-10H,2,11-12H2,1H3,(H,21,24)(H,22,25). The van der Waals surface area contributed by atoms with Gasteiger partial charge in [-0.3, -0.25) is 25.2 Å². The molecule has 0 aliphatic heterocycles. The van der Waals surface area contributed by atoms with Gasteiger partial charge in [-0.05, 0) is 48.4 Å². The van der Waals surface area contributed by atoms with E-state index in [9.17, 15) is 14.4 Å². The highest BCUT2D eigenvalue weighted by Gasteiger charge is 2.11. The average Bonchev–Trinajstić information content (AvgIpc) is 2.64. The number of Topliss-reactive ketones (excluding diaryl/α,β-unsaturated/α-hetero) is 1. The first-order valence-electron chi connectivity index (χ1n) is 7.96. The van der Waals surface area contributed by atoms with E-state index in [4.69, 9.17) is 11.6 Å². The molecule has 25 heavy (non-hydrogen) atoms. The Bertz CT molecular complexity index is 755. The molecule has 130 valence electrons. The lowest BCUT2D eigenvalue weighted by Crippen LogP contribution is -2.41. The van der Waals surface area contributed by atoms with Gasteiger partial charge in [0, 0.05) is 29.0 Å². The molecule has 2 amide bonds. The van der Waals surface area contributed by atoms with E-state index in [0.29, 0.717) is 16.1 Å². The maximum absolute atomic E-state index is 12.0. The van der Waals surface area contributed by atoms with Crippen LogP contribution in [-0.4, -0.2) is 17.6 Å². The molecule has 0 aliphatic carbocycles. The van der Waals surface area contributed by atoms with Crippen molar-refractivity contribution in [1.29, 1.82) is 0 Å². The summed E-state index contributed by atoms with van der Waals surface area (Å²) in [6.07, 6.45) is 0.922. The molecule has 5 nitrogen and oxygen atoms in total. The second-order valence-corrected chi connectivity index (χ2v) is 5.92. The van der Waals surface area contributed by atoms with Gasteiger partial charge in [0.05, 0.1) is 0 Å². The van der Waals surface area contributed by atoms with Crippen LogP contribution in [0.1, 0.15) is 46.0 Å². The molecular weight excluding hydrogens is 340 g/mol. The molecule has 2 aromatic rings. The Kier molecular flexibility index (Phi) is 6.71. The minimum atomic E-state index is -0.430. The molecule has 0 aliphatic rings. The first-order chi connectivity index (χ1) is 12.0. The Labute approximate surface area is 151 Å². The first-order valence-corrected chi connectivity index (χ1v) is 8.34. The summed E-state index contributed by atoms with van der Waals surface area (Å²) in [4.78, 5) is 35.7. The molecule has 2 rings (SSSR count).